The molecule has 0 aliphatic rings. The van der Waals surface area contributed by atoms with Crippen LogP contribution in [0.3, 0.4) is 0 Å². The van der Waals surface area contributed by atoms with E-state index in [1.807, 2.05) is 13.0 Å². The average Bonchev–Trinajstić information content (AvgIpc) is 2.26. The van der Waals surface area contributed by atoms with Gasteiger partial charge in [-0.05, 0) is 29.3 Å². The molecular weight excluding hydrogens is 258 g/mol. The molecule has 15 heavy (non-hydrogen) atoms. The fourth-order valence-electron chi connectivity index (χ4n) is 1.01. The summed E-state index contributed by atoms with van der Waals surface area (Å²) in [6.07, 6.45) is 6.73. The topological polar surface area (TPSA) is 47.0 Å². The highest BCUT2D eigenvalue weighted by Gasteiger charge is 2.03. The van der Waals surface area contributed by atoms with Crippen LogP contribution in [0.5, 0.6) is 5.88 Å². The molecule has 0 spiro atoms. The van der Waals surface area contributed by atoms with Gasteiger partial charge in [0.05, 0.1) is 17.8 Å². The van der Waals surface area contributed by atoms with Crippen LogP contribution >= 0.6 is 15.9 Å². The lowest BCUT2D eigenvalue weighted by Crippen LogP contribution is -2.05. The van der Waals surface area contributed by atoms with Gasteiger partial charge >= 0.3 is 0 Å². The van der Waals surface area contributed by atoms with E-state index in [1.165, 1.54) is 0 Å². The van der Waals surface area contributed by atoms with Crippen LogP contribution in [0.1, 0.15) is 13.3 Å². The number of aromatic nitrogens is 2. The van der Waals surface area contributed by atoms with Crippen LogP contribution in [-0.2, 0) is 0 Å². The van der Waals surface area contributed by atoms with Gasteiger partial charge in [0, 0.05) is 6.54 Å². The molecule has 82 valence electrons. The Morgan fingerprint density at radius 2 is 2.40 bits per heavy atom. The van der Waals surface area contributed by atoms with Gasteiger partial charge in [-0.1, -0.05) is 12.2 Å². The second-order valence-electron chi connectivity index (χ2n) is 2.84. The Bertz CT molecular complexity index is 341. The van der Waals surface area contributed by atoms with Crippen LogP contribution in [0.15, 0.2) is 22.8 Å². The van der Waals surface area contributed by atoms with Gasteiger partial charge in [0.25, 0.3) is 0 Å². The molecule has 0 fully saturated rings. The molecule has 0 aromatic carbocycles. The Morgan fingerprint density at radius 3 is 3.07 bits per heavy atom. The van der Waals surface area contributed by atoms with Crippen molar-refractivity contribution in [3.05, 3.63) is 22.8 Å². The predicted octanol–water partition coefficient (Wildman–Crippen LogP) is 2.63. The Morgan fingerprint density at radius 1 is 1.60 bits per heavy atom. The second-order valence-corrected chi connectivity index (χ2v) is 3.69. The molecule has 0 saturated carbocycles. The molecule has 5 heteroatoms. The Hall–Kier alpha value is -1.10. The van der Waals surface area contributed by atoms with Crippen molar-refractivity contribution < 1.29 is 4.74 Å². The number of allylic oxidation sites excluding steroid dienone is 1. The molecule has 1 aromatic rings. The van der Waals surface area contributed by atoms with E-state index in [9.17, 15) is 0 Å². The zero-order valence-corrected chi connectivity index (χ0v) is 10.4. The number of halogens is 1. The van der Waals surface area contributed by atoms with Crippen molar-refractivity contribution in [3.8, 4) is 5.88 Å². The number of rotatable bonds is 5. The van der Waals surface area contributed by atoms with Crippen molar-refractivity contribution >= 4 is 21.9 Å². The fourth-order valence-corrected chi connectivity index (χ4v) is 1.37. The Labute approximate surface area is 97.9 Å². The average molecular weight is 272 g/mol. The third-order valence-corrected chi connectivity index (χ3v) is 2.28. The number of methoxy groups -OCH3 is 1. The number of anilines is 1. The molecular formula is C10H14BrN3O. The first-order valence-corrected chi connectivity index (χ1v) is 5.48. The van der Waals surface area contributed by atoms with Gasteiger partial charge in [0.1, 0.15) is 0 Å². The van der Waals surface area contributed by atoms with Gasteiger partial charge in [-0.25, -0.2) is 4.98 Å². The minimum Gasteiger partial charge on any atom is -0.480 e. The van der Waals surface area contributed by atoms with Crippen LogP contribution in [0, 0.1) is 0 Å². The summed E-state index contributed by atoms with van der Waals surface area (Å²) < 4.78 is 5.81. The molecule has 0 aliphatic carbocycles. The first kappa shape index (κ1) is 12.0. The van der Waals surface area contributed by atoms with Gasteiger partial charge in [0.2, 0.25) is 11.8 Å². The smallest absolute Gasteiger partial charge is 0.232 e. The summed E-state index contributed by atoms with van der Waals surface area (Å²) in [6, 6.07) is 0. The highest BCUT2D eigenvalue weighted by Crippen LogP contribution is 2.21. The molecule has 0 atom stereocenters. The lowest BCUT2D eigenvalue weighted by Gasteiger charge is -2.05. The van der Waals surface area contributed by atoms with E-state index in [1.54, 1.807) is 13.3 Å². The van der Waals surface area contributed by atoms with Gasteiger partial charge < -0.3 is 10.1 Å². The largest absolute Gasteiger partial charge is 0.480 e. The molecule has 0 amide bonds. The number of nitrogens with one attached hydrogen (secondary N) is 1. The SMILES string of the molecule is C/C=C/CCNc1ncc(Br)c(OC)n1. The van der Waals surface area contributed by atoms with Crippen molar-refractivity contribution in [1.82, 2.24) is 9.97 Å². The van der Waals surface area contributed by atoms with Gasteiger partial charge in [-0.3, -0.25) is 0 Å². The molecule has 1 aromatic heterocycles. The van der Waals surface area contributed by atoms with E-state index in [4.69, 9.17) is 4.74 Å². The maximum atomic E-state index is 5.06. The highest BCUT2D eigenvalue weighted by atomic mass is 79.9. The standard InChI is InChI=1S/C10H14BrN3O/c1-3-4-5-6-12-10-13-7-8(11)9(14-10)15-2/h3-4,7H,5-6H2,1-2H3,(H,12,13,14)/b4-3+. The minimum atomic E-state index is 0.540. The summed E-state index contributed by atoms with van der Waals surface area (Å²) in [4.78, 5) is 8.28. The summed E-state index contributed by atoms with van der Waals surface area (Å²) >= 11 is 3.29. The van der Waals surface area contributed by atoms with Gasteiger partial charge in [-0.15, -0.1) is 0 Å². The molecule has 1 N–H and O–H groups in total. The zero-order valence-electron chi connectivity index (χ0n) is 8.83. The Kier molecular flexibility index (Phi) is 5.10. The highest BCUT2D eigenvalue weighted by molar-refractivity contribution is 9.10. The van der Waals surface area contributed by atoms with Crippen molar-refractivity contribution in [2.75, 3.05) is 19.0 Å². The van der Waals surface area contributed by atoms with E-state index in [2.05, 4.69) is 37.3 Å². The van der Waals surface area contributed by atoms with Gasteiger partial charge in [-0.2, -0.15) is 4.98 Å². The molecule has 0 saturated heterocycles. The lowest BCUT2D eigenvalue weighted by molar-refractivity contribution is 0.394. The molecule has 4 nitrogen and oxygen atoms in total. The van der Waals surface area contributed by atoms with Crippen LogP contribution < -0.4 is 10.1 Å². The second kappa shape index (κ2) is 6.40. The number of ether oxygens (including phenoxy) is 1. The minimum absolute atomic E-state index is 0.540. The quantitative estimate of drug-likeness (QED) is 0.661. The third-order valence-electron chi connectivity index (χ3n) is 1.74. The van der Waals surface area contributed by atoms with Crippen molar-refractivity contribution in [3.63, 3.8) is 0 Å². The Balaban J connectivity index is 2.54. The monoisotopic (exact) mass is 271 g/mol. The number of hydrogen-bond donors (Lipinski definition) is 1. The van der Waals surface area contributed by atoms with Crippen molar-refractivity contribution in [1.29, 1.82) is 0 Å². The number of hydrogen-bond acceptors (Lipinski definition) is 4. The van der Waals surface area contributed by atoms with E-state index in [0.29, 0.717) is 11.8 Å². The summed E-state index contributed by atoms with van der Waals surface area (Å²) in [5.41, 5.74) is 0. The van der Waals surface area contributed by atoms with Crippen LogP contribution in [0.4, 0.5) is 5.95 Å². The van der Waals surface area contributed by atoms with E-state index < -0.39 is 0 Å². The summed E-state index contributed by atoms with van der Waals surface area (Å²) in [5, 5.41) is 3.11. The normalized spacial score (nSPS) is 10.6. The maximum Gasteiger partial charge on any atom is 0.232 e. The van der Waals surface area contributed by atoms with E-state index in [0.717, 1.165) is 17.4 Å². The van der Waals surface area contributed by atoms with Crippen molar-refractivity contribution in [2.24, 2.45) is 0 Å². The molecule has 1 rings (SSSR count). The fraction of sp³-hybridized carbons (Fsp3) is 0.400. The number of nitrogens with zero attached hydrogens (tertiary/aromatic N) is 2. The first-order valence-electron chi connectivity index (χ1n) is 4.69. The summed E-state index contributed by atoms with van der Waals surface area (Å²) in [7, 11) is 1.58. The first-order chi connectivity index (χ1) is 7.27. The summed E-state index contributed by atoms with van der Waals surface area (Å²) in [6.45, 7) is 2.81. The lowest BCUT2D eigenvalue weighted by atomic mass is 10.4. The molecule has 0 radical (unpaired) electrons. The van der Waals surface area contributed by atoms with Crippen LogP contribution in [0.2, 0.25) is 0 Å². The zero-order chi connectivity index (χ0) is 11.1. The predicted molar refractivity (Wildman–Crippen MR) is 64.2 cm³/mol. The summed E-state index contributed by atoms with van der Waals surface area (Å²) in [5.74, 6) is 1.12. The van der Waals surface area contributed by atoms with E-state index >= 15 is 0 Å². The maximum absolute atomic E-state index is 5.06. The van der Waals surface area contributed by atoms with Crippen LogP contribution in [0.25, 0.3) is 0 Å². The molecule has 0 bridgehead atoms. The van der Waals surface area contributed by atoms with Crippen LogP contribution in [-0.4, -0.2) is 23.6 Å². The van der Waals surface area contributed by atoms with E-state index in [-0.39, 0.29) is 0 Å². The molecule has 0 aliphatic heterocycles. The third kappa shape index (κ3) is 3.87. The van der Waals surface area contributed by atoms with Gasteiger partial charge in [0.15, 0.2) is 0 Å². The molecule has 1 heterocycles. The molecule has 0 unspecified atom stereocenters. The van der Waals surface area contributed by atoms with Crippen molar-refractivity contribution in [2.45, 2.75) is 13.3 Å².